The summed E-state index contributed by atoms with van der Waals surface area (Å²) in [6.45, 7) is 3.22. The fourth-order valence-electron chi connectivity index (χ4n) is 2.32. The molecule has 1 aliphatic carbocycles. The second-order valence-electron chi connectivity index (χ2n) is 5.27. The minimum Gasteiger partial charge on any atom is -0.383 e. The van der Waals surface area contributed by atoms with E-state index in [-0.39, 0.29) is 11.8 Å². The van der Waals surface area contributed by atoms with Crippen molar-refractivity contribution in [3.05, 3.63) is 24.3 Å². The van der Waals surface area contributed by atoms with Gasteiger partial charge in [-0.2, -0.15) is 0 Å². The predicted octanol–water partition coefficient (Wildman–Crippen LogP) is 2.93. The molecule has 0 aliphatic heterocycles. The van der Waals surface area contributed by atoms with E-state index in [9.17, 15) is 4.79 Å². The van der Waals surface area contributed by atoms with Crippen molar-refractivity contribution >= 4 is 32.6 Å². The van der Waals surface area contributed by atoms with Gasteiger partial charge < -0.3 is 4.74 Å². The first-order valence-electron chi connectivity index (χ1n) is 6.86. The van der Waals surface area contributed by atoms with Crippen molar-refractivity contribution < 1.29 is 9.53 Å². The van der Waals surface area contributed by atoms with Crippen LogP contribution in [0.4, 0.5) is 5.13 Å². The van der Waals surface area contributed by atoms with Crippen molar-refractivity contribution in [2.45, 2.75) is 13.3 Å². The zero-order chi connectivity index (χ0) is 14.1. The van der Waals surface area contributed by atoms with E-state index in [2.05, 4.69) is 11.9 Å². The standard InChI is InChI=1S/C15H18N2O2S/c1-10-9-11(10)14(18)17(7-8-19-2)15-16-12-5-3-4-6-13(12)20-15/h3-6,10-11H,7-9H2,1-2H3. The predicted molar refractivity (Wildman–Crippen MR) is 81.1 cm³/mol. The van der Waals surface area contributed by atoms with E-state index in [1.54, 1.807) is 23.3 Å². The van der Waals surface area contributed by atoms with E-state index in [1.807, 2.05) is 24.3 Å². The monoisotopic (exact) mass is 290 g/mol. The molecule has 2 atom stereocenters. The van der Waals surface area contributed by atoms with Crippen molar-refractivity contribution in [2.75, 3.05) is 25.2 Å². The van der Waals surface area contributed by atoms with Gasteiger partial charge in [-0.15, -0.1) is 0 Å². The van der Waals surface area contributed by atoms with Gasteiger partial charge in [0.05, 0.1) is 23.4 Å². The molecule has 1 fully saturated rings. The van der Waals surface area contributed by atoms with Crippen molar-refractivity contribution in [3.63, 3.8) is 0 Å². The van der Waals surface area contributed by atoms with E-state index in [4.69, 9.17) is 4.74 Å². The molecular weight excluding hydrogens is 272 g/mol. The van der Waals surface area contributed by atoms with Crippen LogP contribution >= 0.6 is 11.3 Å². The zero-order valence-electron chi connectivity index (χ0n) is 11.7. The van der Waals surface area contributed by atoms with Gasteiger partial charge in [-0.25, -0.2) is 4.98 Å². The maximum Gasteiger partial charge on any atom is 0.232 e. The molecule has 1 saturated carbocycles. The summed E-state index contributed by atoms with van der Waals surface area (Å²) in [6.07, 6.45) is 0.993. The molecule has 4 nitrogen and oxygen atoms in total. The lowest BCUT2D eigenvalue weighted by atomic mass is 10.3. The summed E-state index contributed by atoms with van der Waals surface area (Å²) >= 11 is 1.57. The number of aromatic nitrogens is 1. The quantitative estimate of drug-likeness (QED) is 0.850. The van der Waals surface area contributed by atoms with Crippen molar-refractivity contribution in [1.29, 1.82) is 0 Å². The van der Waals surface area contributed by atoms with Gasteiger partial charge in [0.1, 0.15) is 0 Å². The molecule has 1 aliphatic rings. The maximum atomic E-state index is 12.5. The number of para-hydroxylation sites is 1. The fraction of sp³-hybridized carbons (Fsp3) is 0.467. The number of hydrogen-bond acceptors (Lipinski definition) is 4. The number of fused-ring (bicyclic) bond motifs is 1. The van der Waals surface area contributed by atoms with Crippen LogP contribution in [0.1, 0.15) is 13.3 Å². The molecule has 0 bridgehead atoms. The second-order valence-corrected chi connectivity index (χ2v) is 6.28. The molecule has 0 saturated heterocycles. The number of hydrogen-bond donors (Lipinski definition) is 0. The lowest BCUT2D eigenvalue weighted by molar-refractivity contribution is -0.120. The summed E-state index contributed by atoms with van der Waals surface area (Å²) in [5.41, 5.74) is 0.951. The van der Waals surface area contributed by atoms with E-state index < -0.39 is 0 Å². The third-order valence-electron chi connectivity index (χ3n) is 3.73. The summed E-state index contributed by atoms with van der Waals surface area (Å²) < 4.78 is 6.24. The largest absolute Gasteiger partial charge is 0.383 e. The fourth-order valence-corrected chi connectivity index (χ4v) is 3.32. The lowest BCUT2D eigenvalue weighted by Crippen LogP contribution is -2.35. The number of carbonyl (C=O) groups is 1. The molecule has 1 amide bonds. The van der Waals surface area contributed by atoms with Gasteiger partial charge in [-0.3, -0.25) is 9.69 Å². The molecule has 2 aromatic rings. The van der Waals surface area contributed by atoms with E-state index in [1.165, 1.54) is 0 Å². The van der Waals surface area contributed by atoms with Crippen LogP contribution < -0.4 is 4.90 Å². The van der Waals surface area contributed by atoms with E-state index >= 15 is 0 Å². The Balaban J connectivity index is 1.89. The Kier molecular flexibility index (Phi) is 3.72. The van der Waals surface area contributed by atoms with Crippen LogP contribution in [-0.4, -0.2) is 31.2 Å². The summed E-state index contributed by atoms with van der Waals surface area (Å²) in [5, 5.41) is 0.785. The number of anilines is 1. The van der Waals surface area contributed by atoms with Crippen LogP contribution in [0.15, 0.2) is 24.3 Å². The second kappa shape index (κ2) is 5.50. The van der Waals surface area contributed by atoms with Gasteiger partial charge in [0.2, 0.25) is 5.91 Å². The first kappa shape index (κ1) is 13.5. The number of rotatable bonds is 5. The number of carbonyl (C=O) groups excluding carboxylic acids is 1. The molecule has 1 aromatic heterocycles. The Morgan fingerprint density at radius 1 is 1.50 bits per heavy atom. The van der Waals surface area contributed by atoms with Crippen LogP contribution in [0, 0.1) is 11.8 Å². The number of benzene rings is 1. The van der Waals surface area contributed by atoms with Gasteiger partial charge in [0.25, 0.3) is 0 Å². The molecule has 5 heteroatoms. The molecule has 0 radical (unpaired) electrons. The average Bonchev–Trinajstić information content (AvgIpc) is 3.02. The SMILES string of the molecule is COCCN(C(=O)C1CC1C)c1nc2ccccc2s1. The smallest absolute Gasteiger partial charge is 0.232 e. The number of amides is 1. The molecule has 2 unspecified atom stereocenters. The van der Waals surface area contributed by atoms with E-state index in [0.717, 1.165) is 21.8 Å². The molecule has 106 valence electrons. The van der Waals surface area contributed by atoms with Crippen molar-refractivity contribution in [3.8, 4) is 0 Å². The Morgan fingerprint density at radius 2 is 2.25 bits per heavy atom. The number of ether oxygens (including phenoxy) is 1. The molecule has 20 heavy (non-hydrogen) atoms. The molecular formula is C15H18N2O2S. The number of methoxy groups -OCH3 is 1. The van der Waals surface area contributed by atoms with Crippen LogP contribution in [0.25, 0.3) is 10.2 Å². The first-order valence-corrected chi connectivity index (χ1v) is 7.68. The van der Waals surface area contributed by atoms with E-state index in [0.29, 0.717) is 19.1 Å². The molecule has 0 spiro atoms. The summed E-state index contributed by atoms with van der Waals surface area (Å²) in [6, 6.07) is 7.98. The third kappa shape index (κ3) is 2.55. The summed E-state index contributed by atoms with van der Waals surface area (Å²) in [4.78, 5) is 18.9. The summed E-state index contributed by atoms with van der Waals surface area (Å²) in [7, 11) is 1.65. The Bertz CT molecular complexity index is 592. The van der Waals surface area contributed by atoms with Crippen LogP contribution in [0.5, 0.6) is 0 Å². The lowest BCUT2D eigenvalue weighted by Gasteiger charge is -2.19. The molecule has 0 N–H and O–H groups in total. The highest BCUT2D eigenvalue weighted by atomic mass is 32.1. The third-order valence-corrected chi connectivity index (χ3v) is 4.78. The maximum absolute atomic E-state index is 12.5. The van der Waals surface area contributed by atoms with Gasteiger partial charge in [-0.05, 0) is 24.5 Å². The molecule has 1 heterocycles. The van der Waals surface area contributed by atoms with Crippen molar-refractivity contribution in [1.82, 2.24) is 4.98 Å². The van der Waals surface area contributed by atoms with Crippen LogP contribution in [0.2, 0.25) is 0 Å². The van der Waals surface area contributed by atoms with Crippen LogP contribution in [-0.2, 0) is 9.53 Å². The zero-order valence-corrected chi connectivity index (χ0v) is 12.5. The number of nitrogens with zero attached hydrogens (tertiary/aromatic N) is 2. The highest BCUT2D eigenvalue weighted by Crippen LogP contribution is 2.41. The summed E-state index contributed by atoms with van der Waals surface area (Å²) in [5.74, 6) is 0.856. The first-order chi connectivity index (χ1) is 9.70. The topological polar surface area (TPSA) is 42.4 Å². The highest BCUT2D eigenvalue weighted by Gasteiger charge is 2.42. The normalized spacial score (nSPS) is 21.1. The van der Waals surface area contributed by atoms with Gasteiger partial charge in [0, 0.05) is 13.0 Å². The minimum absolute atomic E-state index is 0.166. The Morgan fingerprint density at radius 3 is 2.90 bits per heavy atom. The Labute approximate surface area is 122 Å². The van der Waals surface area contributed by atoms with Gasteiger partial charge >= 0.3 is 0 Å². The molecule has 1 aromatic carbocycles. The van der Waals surface area contributed by atoms with Gasteiger partial charge in [-0.1, -0.05) is 30.4 Å². The van der Waals surface area contributed by atoms with Crippen molar-refractivity contribution in [2.24, 2.45) is 11.8 Å². The van der Waals surface area contributed by atoms with Gasteiger partial charge in [0.15, 0.2) is 5.13 Å². The highest BCUT2D eigenvalue weighted by molar-refractivity contribution is 7.22. The average molecular weight is 290 g/mol. The Hall–Kier alpha value is -1.46. The minimum atomic E-state index is 0.166. The van der Waals surface area contributed by atoms with Crippen LogP contribution in [0.3, 0.4) is 0 Å². The number of thiazole rings is 1. The molecule has 3 rings (SSSR count).